The number of rotatable bonds is 10. The fourth-order valence-electron chi connectivity index (χ4n) is 4.39. The molecule has 184 valence electrons. The molecule has 1 fully saturated rings. The summed E-state index contributed by atoms with van der Waals surface area (Å²) in [4.78, 5) is 25.1. The minimum absolute atomic E-state index is 0.323. The molecule has 0 saturated carbocycles. The Morgan fingerprint density at radius 1 is 1.14 bits per heavy atom. The number of carbonyl (C=O) groups is 1. The Labute approximate surface area is 214 Å². The molecule has 1 aromatic carbocycles. The summed E-state index contributed by atoms with van der Waals surface area (Å²) in [6.45, 7) is 15.5. The number of Topliss-reactive ketones (excluding diaryl/α,β-unsaturated/α-hetero) is 1. The molecule has 0 radical (unpaired) electrons. The second-order valence-corrected chi connectivity index (χ2v) is 10.0. The van der Waals surface area contributed by atoms with Crippen molar-refractivity contribution >= 4 is 29.1 Å². The standard InChI is InChI=1S/C28H35N5OS/c1-5-8-23(34)14-13-21-9-11-22(12-10-21)20-35-28-25(19-29)24(6-2)26(30-3)27(31-28)33-16-7-15-32(4)17-18-33/h9-12H,5-8,13-18,20H2,1-2,4H3. The summed E-state index contributed by atoms with van der Waals surface area (Å²) >= 11 is 1.56. The molecule has 1 saturated heterocycles. The molecule has 2 heterocycles. The summed E-state index contributed by atoms with van der Waals surface area (Å²) in [5.74, 6) is 1.74. The van der Waals surface area contributed by atoms with Crippen molar-refractivity contribution in [3.05, 3.63) is 57.9 Å². The van der Waals surface area contributed by atoms with E-state index in [4.69, 9.17) is 11.6 Å². The Hall–Kier alpha value is -2.87. The van der Waals surface area contributed by atoms with Crippen LogP contribution in [0, 0.1) is 17.9 Å². The minimum Gasteiger partial charge on any atom is -0.364 e. The molecule has 0 N–H and O–H groups in total. The highest BCUT2D eigenvalue weighted by atomic mass is 32.2. The highest BCUT2D eigenvalue weighted by molar-refractivity contribution is 7.98. The molecule has 0 aliphatic carbocycles. The van der Waals surface area contributed by atoms with Gasteiger partial charge in [0.2, 0.25) is 5.69 Å². The largest absolute Gasteiger partial charge is 0.364 e. The third kappa shape index (κ3) is 7.07. The summed E-state index contributed by atoms with van der Waals surface area (Å²) in [6, 6.07) is 10.7. The molecule has 0 unspecified atom stereocenters. The van der Waals surface area contributed by atoms with Crippen LogP contribution >= 0.6 is 11.8 Å². The van der Waals surface area contributed by atoms with Gasteiger partial charge in [0.25, 0.3) is 0 Å². The summed E-state index contributed by atoms with van der Waals surface area (Å²) in [7, 11) is 2.12. The van der Waals surface area contributed by atoms with E-state index in [9.17, 15) is 10.1 Å². The van der Waals surface area contributed by atoms with Gasteiger partial charge in [-0.1, -0.05) is 38.1 Å². The summed E-state index contributed by atoms with van der Waals surface area (Å²) in [6.07, 6.45) is 4.59. The Kier molecular flexibility index (Phi) is 10.1. The summed E-state index contributed by atoms with van der Waals surface area (Å²) < 4.78 is 0. The highest BCUT2D eigenvalue weighted by Gasteiger charge is 2.24. The van der Waals surface area contributed by atoms with Crippen molar-refractivity contribution in [1.82, 2.24) is 9.88 Å². The predicted octanol–water partition coefficient (Wildman–Crippen LogP) is 5.80. The minimum atomic E-state index is 0.323. The Bertz CT molecular complexity index is 1100. The van der Waals surface area contributed by atoms with Crippen LogP contribution in [0.2, 0.25) is 0 Å². The van der Waals surface area contributed by atoms with Crippen LogP contribution in [0.5, 0.6) is 0 Å². The first-order valence-corrected chi connectivity index (χ1v) is 13.5. The fraction of sp³-hybridized carbons (Fsp3) is 0.500. The number of carbonyl (C=O) groups excluding carboxylic acids is 1. The summed E-state index contributed by atoms with van der Waals surface area (Å²) in [5, 5.41) is 10.7. The Morgan fingerprint density at radius 2 is 1.89 bits per heavy atom. The quantitative estimate of drug-likeness (QED) is 0.310. The van der Waals surface area contributed by atoms with E-state index in [2.05, 4.69) is 52.0 Å². The third-order valence-corrected chi connectivity index (χ3v) is 7.48. The van der Waals surface area contributed by atoms with Crippen LogP contribution in [0.25, 0.3) is 4.85 Å². The molecule has 2 aromatic rings. The number of benzene rings is 1. The molecule has 0 spiro atoms. The van der Waals surface area contributed by atoms with Gasteiger partial charge in [-0.05, 0) is 56.0 Å². The van der Waals surface area contributed by atoms with Crippen molar-refractivity contribution in [2.75, 3.05) is 38.1 Å². The Morgan fingerprint density at radius 3 is 2.54 bits per heavy atom. The van der Waals surface area contributed by atoms with Gasteiger partial charge in [0.05, 0.1) is 12.1 Å². The average Bonchev–Trinajstić information content (AvgIpc) is 3.10. The topological polar surface area (TPSA) is 64.6 Å². The van der Waals surface area contributed by atoms with Crippen molar-refractivity contribution in [2.45, 2.75) is 63.2 Å². The zero-order valence-electron chi connectivity index (χ0n) is 21.1. The molecule has 0 amide bonds. The molecular weight excluding hydrogens is 454 g/mol. The Balaban J connectivity index is 1.80. The second-order valence-electron chi connectivity index (χ2n) is 9.06. The number of aryl methyl sites for hydroxylation is 1. The third-order valence-electron chi connectivity index (χ3n) is 6.44. The monoisotopic (exact) mass is 489 g/mol. The number of likely N-dealkylation sites (N-methyl/N-ethyl adjacent to an activating group) is 1. The van der Waals surface area contributed by atoms with Crippen LogP contribution in [0.15, 0.2) is 29.3 Å². The lowest BCUT2D eigenvalue weighted by Crippen LogP contribution is -2.29. The number of aromatic nitrogens is 1. The van der Waals surface area contributed by atoms with E-state index in [-0.39, 0.29) is 0 Å². The van der Waals surface area contributed by atoms with Crippen molar-refractivity contribution in [3.8, 4) is 6.07 Å². The number of thioether (sulfide) groups is 1. The van der Waals surface area contributed by atoms with Gasteiger partial charge in [0.1, 0.15) is 22.7 Å². The van der Waals surface area contributed by atoms with E-state index >= 15 is 0 Å². The zero-order valence-corrected chi connectivity index (χ0v) is 22.0. The van der Waals surface area contributed by atoms with Crippen molar-refractivity contribution in [1.29, 1.82) is 5.26 Å². The molecular formula is C28H35N5OS. The number of ketones is 1. The molecule has 0 atom stereocenters. The van der Waals surface area contributed by atoms with Gasteiger partial charge in [-0.15, -0.1) is 11.8 Å². The molecule has 3 rings (SSSR count). The number of hydrogen-bond donors (Lipinski definition) is 0. The highest BCUT2D eigenvalue weighted by Crippen LogP contribution is 2.39. The van der Waals surface area contributed by atoms with E-state index in [0.29, 0.717) is 47.1 Å². The number of hydrogen-bond acceptors (Lipinski definition) is 6. The van der Waals surface area contributed by atoms with Gasteiger partial charge in [-0.25, -0.2) is 9.83 Å². The van der Waals surface area contributed by atoms with Crippen LogP contribution in [-0.2, 0) is 23.4 Å². The maximum Gasteiger partial charge on any atom is 0.232 e. The maximum absolute atomic E-state index is 11.8. The maximum atomic E-state index is 11.8. The van der Waals surface area contributed by atoms with Crippen molar-refractivity contribution in [2.24, 2.45) is 0 Å². The first kappa shape index (κ1) is 26.7. The number of nitriles is 1. The van der Waals surface area contributed by atoms with Gasteiger partial charge in [-0.2, -0.15) is 5.26 Å². The van der Waals surface area contributed by atoms with E-state index in [1.54, 1.807) is 11.8 Å². The molecule has 6 nitrogen and oxygen atoms in total. The van der Waals surface area contributed by atoms with E-state index in [1.165, 1.54) is 5.56 Å². The van der Waals surface area contributed by atoms with Gasteiger partial charge >= 0.3 is 0 Å². The van der Waals surface area contributed by atoms with Crippen molar-refractivity contribution in [3.63, 3.8) is 0 Å². The van der Waals surface area contributed by atoms with Crippen LogP contribution in [0.3, 0.4) is 0 Å². The molecule has 1 aliphatic rings. The van der Waals surface area contributed by atoms with E-state index < -0.39 is 0 Å². The van der Waals surface area contributed by atoms with Crippen LogP contribution < -0.4 is 4.90 Å². The van der Waals surface area contributed by atoms with Crippen LogP contribution in [0.1, 0.15) is 61.8 Å². The number of nitrogens with zero attached hydrogens (tertiary/aromatic N) is 5. The SMILES string of the molecule is [C-]#[N+]c1c(N2CCCN(C)CC2)nc(SCc2ccc(CCC(=O)CCC)cc2)c(C#N)c1CC. The fourth-order valence-corrected chi connectivity index (χ4v) is 5.35. The smallest absolute Gasteiger partial charge is 0.232 e. The van der Waals surface area contributed by atoms with Gasteiger partial charge in [0, 0.05) is 38.2 Å². The average molecular weight is 490 g/mol. The molecule has 1 aliphatic heterocycles. The lowest BCUT2D eigenvalue weighted by atomic mass is 10.0. The van der Waals surface area contributed by atoms with Gasteiger partial charge < -0.3 is 9.80 Å². The van der Waals surface area contributed by atoms with Crippen molar-refractivity contribution < 1.29 is 4.79 Å². The van der Waals surface area contributed by atoms with Gasteiger partial charge in [-0.3, -0.25) is 4.79 Å². The molecule has 1 aromatic heterocycles. The first-order valence-electron chi connectivity index (χ1n) is 12.5. The second kappa shape index (κ2) is 13.3. The lowest BCUT2D eigenvalue weighted by Gasteiger charge is -2.25. The van der Waals surface area contributed by atoms with Crippen LogP contribution in [-0.4, -0.2) is 48.9 Å². The van der Waals surface area contributed by atoms with E-state index in [0.717, 1.165) is 62.4 Å². The lowest BCUT2D eigenvalue weighted by molar-refractivity contribution is -0.119. The predicted molar refractivity (Wildman–Crippen MR) is 143 cm³/mol. The summed E-state index contributed by atoms with van der Waals surface area (Å²) in [5.41, 5.74) is 4.18. The normalized spacial score (nSPS) is 14.3. The molecule has 35 heavy (non-hydrogen) atoms. The first-order chi connectivity index (χ1) is 17.0. The molecule has 0 bridgehead atoms. The van der Waals surface area contributed by atoms with Gasteiger partial charge in [0.15, 0.2) is 0 Å². The molecule has 7 heteroatoms. The number of anilines is 1. The zero-order chi connectivity index (χ0) is 25.2. The van der Waals surface area contributed by atoms with Crippen LogP contribution in [0.4, 0.5) is 11.5 Å². The van der Waals surface area contributed by atoms with E-state index in [1.807, 2.05) is 13.8 Å². The number of pyridine rings is 1.